The highest BCUT2D eigenvalue weighted by Gasteiger charge is 2.27. The molecule has 2 rings (SSSR count). The Morgan fingerprint density at radius 3 is 2.59 bits per heavy atom. The van der Waals surface area contributed by atoms with Crippen molar-refractivity contribution in [3.63, 3.8) is 0 Å². The molecule has 0 radical (unpaired) electrons. The van der Waals surface area contributed by atoms with Crippen LogP contribution in [0.5, 0.6) is 0 Å². The molecule has 7 heteroatoms. The summed E-state index contributed by atoms with van der Waals surface area (Å²) in [6.07, 6.45) is 2.66. The third kappa shape index (κ3) is 3.00. The van der Waals surface area contributed by atoms with Gasteiger partial charge in [0.25, 0.3) is 5.91 Å². The lowest BCUT2D eigenvalue weighted by atomic mass is 9.86. The van der Waals surface area contributed by atoms with Gasteiger partial charge in [0, 0.05) is 11.4 Å². The van der Waals surface area contributed by atoms with Crippen LogP contribution in [-0.4, -0.2) is 32.6 Å². The van der Waals surface area contributed by atoms with Crippen molar-refractivity contribution in [3.8, 4) is 0 Å². The second-order valence-corrected chi connectivity index (χ2v) is 4.76. The third-order valence-corrected chi connectivity index (χ3v) is 3.51. The topological polar surface area (TPSA) is 92.2 Å². The molecular weight excluding hydrogens is 242 g/mol. The SMILES string of the molecule is O=C(NC1CCC(C(=O)O)CC1)c1csnn1. The average Bonchev–Trinajstić information content (AvgIpc) is 2.83. The van der Waals surface area contributed by atoms with Crippen molar-refractivity contribution in [1.82, 2.24) is 14.9 Å². The Labute approximate surface area is 102 Å². The van der Waals surface area contributed by atoms with Gasteiger partial charge in [-0.1, -0.05) is 4.49 Å². The second kappa shape index (κ2) is 5.22. The van der Waals surface area contributed by atoms with Gasteiger partial charge in [-0.2, -0.15) is 0 Å². The summed E-state index contributed by atoms with van der Waals surface area (Å²) in [6, 6.07) is 0.0554. The molecule has 17 heavy (non-hydrogen) atoms. The molecular formula is C10H13N3O3S. The van der Waals surface area contributed by atoms with Gasteiger partial charge in [-0.15, -0.1) is 5.10 Å². The first-order valence-corrected chi connectivity index (χ1v) is 6.31. The molecule has 2 N–H and O–H groups in total. The number of amides is 1. The van der Waals surface area contributed by atoms with Crippen LogP contribution in [0.4, 0.5) is 0 Å². The van der Waals surface area contributed by atoms with Gasteiger partial charge in [0.15, 0.2) is 5.69 Å². The Balaban J connectivity index is 1.82. The molecule has 1 aromatic heterocycles. The molecule has 1 fully saturated rings. The lowest BCUT2D eigenvalue weighted by Gasteiger charge is -2.26. The highest BCUT2D eigenvalue weighted by atomic mass is 32.1. The van der Waals surface area contributed by atoms with Gasteiger partial charge in [0.2, 0.25) is 0 Å². The summed E-state index contributed by atoms with van der Waals surface area (Å²) in [5.74, 6) is -1.22. The molecule has 92 valence electrons. The Bertz CT molecular complexity index is 399. The van der Waals surface area contributed by atoms with Crippen LogP contribution in [0.1, 0.15) is 36.2 Å². The summed E-state index contributed by atoms with van der Waals surface area (Å²) in [5, 5.41) is 17.0. The molecule has 6 nitrogen and oxygen atoms in total. The van der Waals surface area contributed by atoms with Gasteiger partial charge in [-0.05, 0) is 37.2 Å². The predicted octanol–water partition coefficient (Wildman–Crippen LogP) is 0.911. The maximum atomic E-state index is 11.7. The number of aliphatic carboxylic acids is 1. The molecule has 1 aliphatic carbocycles. The van der Waals surface area contributed by atoms with E-state index in [1.54, 1.807) is 5.38 Å². The minimum absolute atomic E-state index is 0.0554. The lowest BCUT2D eigenvalue weighted by Crippen LogP contribution is -2.38. The molecule has 0 bridgehead atoms. The van der Waals surface area contributed by atoms with Crippen molar-refractivity contribution < 1.29 is 14.7 Å². The number of aromatic nitrogens is 2. The van der Waals surface area contributed by atoms with Gasteiger partial charge >= 0.3 is 5.97 Å². The minimum Gasteiger partial charge on any atom is -0.481 e. The number of carboxylic acid groups (broad SMARTS) is 1. The maximum Gasteiger partial charge on any atom is 0.306 e. The van der Waals surface area contributed by atoms with E-state index in [1.807, 2.05) is 0 Å². The minimum atomic E-state index is -0.738. The zero-order valence-corrected chi connectivity index (χ0v) is 9.94. The van der Waals surface area contributed by atoms with E-state index in [0.29, 0.717) is 31.4 Å². The first kappa shape index (κ1) is 12.0. The average molecular weight is 255 g/mol. The van der Waals surface area contributed by atoms with Crippen molar-refractivity contribution in [2.45, 2.75) is 31.7 Å². The fourth-order valence-electron chi connectivity index (χ4n) is 2.01. The largest absolute Gasteiger partial charge is 0.481 e. The maximum absolute atomic E-state index is 11.7. The third-order valence-electron chi connectivity index (χ3n) is 3.00. The number of nitrogens with zero attached hydrogens (tertiary/aromatic N) is 2. The highest BCUT2D eigenvalue weighted by Crippen LogP contribution is 2.24. The number of rotatable bonds is 3. The van der Waals surface area contributed by atoms with Crippen LogP contribution < -0.4 is 5.32 Å². The molecule has 1 aromatic rings. The fourth-order valence-corrected chi connectivity index (χ4v) is 2.44. The summed E-state index contributed by atoms with van der Waals surface area (Å²) < 4.78 is 3.62. The van der Waals surface area contributed by atoms with Crippen LogP contribution in [-0.2, 0) is 4.79 Å². The highest BCUT2D eigenvalue weighted by molar-refractivity contribution is 7.03. The summed E-state index contributed by atoms with van der Waals surface area (Å²) in [5.41, 5.74) is 0.329. The number of carboxylic acids is 1. The molecule has 0 unspecified atom stereocenters. The number of carbonyl (C=O) groups excluding carboxylic acids is 1. The molecule has 1 amide bonds. The van der Waals surface area contributed by atoms with Crippen molar-refractivity contribution in [3.05, 3.63) is 11.1 Å². The molecule has 0 saturated heterocycles. The van der Waals surface area contributed by atoms with Gasteiger partial charge in [-0.3, -0.25) is 9.59 Å². The molecule has 0 spiro atoms. The van der Waals surface area contributed by atoms with Crippen LogP contribution in [0.2, 0.25) is 0 Å². The van der Waals surface area contributed by atoms with Crippen LogP contribution >= 0.6 is 11.5 Å². The fraction of sp³-hybridized carbons (Fsp3) is 0.600. The van der Waals surface area contributed by atoms with Gasteiger partial charge < -0.3 is 10.4 Å². The zero-order valence-electron chi connectivity index (χ0n) is 9.13. The summed E-state index contributed by atoms with van der Waals surface area (Å²) in [4.78, 5) is 22.4. The van der Waals surface area contributed by atoms with E-state index in [1.165, 1.54) is 0 Å². The van der Waals surface area contributed by atoms with Gasteiger partial charge in [-0.25, -0.2) is 0 Å². The monoisotopic (exact) mass is 255 g/mol. The smallest absolute Gasteiger partial charge is 0.306 e. The van der Waals surface area contributed by atoms with Crippen LogP contribution in [0.15, 0.2) is 5.38 Å². The standard InChI is InChI=1S/C10H13N3O3S/c14-9(8-5-17-13-12-8)11-7-3-1-6(2-4-7)10(15)16/h5-7H,1-4H2,(H,11,14)(H,15,16). The second-order valence-electron chi connectivity index (χ2n) is 4.15. The normalized spacial score (nSPS) is 24.2. The quantitative estimate of drug-likeness (QED) is 0.837. The Morgan fingerprint density at radius 2 is 2.06 bits per heavy atom. The Morgan fingerprint density at radius 1 is 1.35 bits per heavy atom. The van der Waals surface area contributed by atoms with Crippen molar-refractivity contribution in [2.75, 3.05) is 0 Å². The van der Waals surface area contributed by atoms with E-state index in [-0.39, 0.29) is 17.9 Å². The van der Waals surface area contributed by atoms with E-state index in [4.69, 9.17) is 5.11 Å². The zero-order chi connectivity index (χ0) is 12.3. The van der Waals surface area contributed by atoms with E-state index >= 15 is 0 Å². The van der Waals surface area contributed by atoms with Crippen LogP contribution in [0.25, 0.3) is 0 Å². The van der Waals surface area contributed by atoms with E-state index in [0.717, 1.165) is 11.5 Å². The van der Waals surface area contributed by atoms with Crippen molar-refractivity contribution in [1.29, 1.82) is 0 Å². The number of hydrogen-bond acceptors (Lipinski definition) is 5. The molecule has 1 heterocycles. The van der Waals surface area contributed by atoms with Crippen molar-refractivity contribution in [2.24, 2.45) is 5.92 Å². The first-order valence-electron chi connectivity index (χ1n) is 5.47. The molecule has 0 atom stereocenters. The summed E-state index contributed by atoms with van der Waals surface area (Å²) in [6.45, 7) is 0. The van der Waals surface area contributed by atoms with Crippen molar-refractivity contribution >= 4 is 23.4 Å². The predicted molar refractivity (Wildman–Crippen MR) is 60.8 cm³/mol. The summed E-state index contributed by atoms with van der Waals surface area (Å²) >= 11 is 1.13. The Hall–Kier alpha value is -1.50. The molecule has 0 aliphatic heterocycles. The number of hydrogen-bond donors (Lipinski definition) is 2. The summed E-state index contributed by atoms with van der Waals surface area (Å²) in [7, 11) is 0. The van der Waals surface area contributed by atoms with E-state index in [2.05, 4.69) is 14.9 Å². The van der Waals surface area contributed by atoms with E-state index < -0.39 is 5.97 Å². The number of nitrogens with one attached hydrogen (secondary N) is 1. The van der Waals surface area contributed by atoms with Gasteiger partial charge in [0.1, 0.15) is 0 Å². The van der Waals surface area contributed by atoms with Crippen LogP contribution in [0.3, 0.4) is 0 Å². The Kier molecular flexibility index (Phi) is 3.68. The van der Waals surface area contributed by atoms with E-state index in [9.17, 15) is 9.59 Å². The first-order chi connectivity index (χ1) is 8.16. The molecule has 1 aliphatic rings. The van der Waals surface area contributed by atoms with Gasteiger partial charge in [0.05, 0.1) is 5.92 Å². The molecule has 0 aromatic carbocycles. The molecule has 1 saturated carbocycles. The van der Waals surface area contributed by atoms with Crippen LogP contribution in [0, 0.1) is 5.92 Å². The lowest BCUT2D eigenvalue weighted by molar-refractivity contribution is -0.142. The number of carbonyl (C=O) groups is 2.